The van der Waals surface area contributed by atoms with Crippen LogP contribution in [0.15, 0.2) is 29.6 Å². The number of aryl methyl sites for hydroxylation is 1. The topological polar surface area (TPSA) is 97.1 Å². The highest BCUT2D eigenvalue weighted by atomic mass is 32.1. The summed E-state index contributed by atoms with van der Waals surface area (Å²) < 4.78 is 0. The molecule has 2 rings (SSSR count). The molecule has 6 nitrogen and oxygen atoms in total. The Labute approximate surface area is 145 Å². The van der Waals surface area contributed by atoms with Gasteiger partial charge in [-0.3, -0.25) is 4.79 Å². The lowest BCUT2D eigenvalue weighted by molar-refractivity contribution is 0.1000. The number of amides is 3. The zero-order chi connectivity index (χ0) is 17.5. The number of carbonyl (C=O) groups is 2. The van der Waals surface area contributed by atoms with E-state index in [1.54, 1.807) is 29.5 Å². The predicted molar refractivity (Wildman–Crippen MR) is 95.1 cm³/mol. The van der Waals surface area contributed by atoms with Gasteiger partial charge in [0.05, 0.1) is 6.04 Å². The molecule has 1 aromatic carbocycles. The lowest BCUT2D eigenvalue weighted by Gasteiger charge is -2.15. The lowest BCUT2D eigenvalue weighted by atomic mass is 10.1. The molecule has 3 amide bonds. The van der Waals surface area contributed by atoms with Crippen molar-refractivity contribution < 1.29 is 9.59 Å². The molecule has 1 heterocycles. The highest BCUT2D eigenvalue weighted by Gasteiger charge is 2.15. The van der Waals surface area contributed by atoms with Crippen LogP contribution in [0.25, 0.3) is 0 Å². The third-order valence-corrected chi connectivity index (χ3v) is 4.64. The van der Waals surface area contributed by atoms with Crippen molar-refractivity contribution >= 4 is 23.3 Å². The average molecular weight is 346 g/mol. The molecule has 1 aromatic heterocycles. The van der Waals surface area contributed by atoms with Crippen molar-refractivity contribution in [3.8, 4) is 0 Å². The fraction of sp³-hybridized carbons (Fsp3) is 0.353. The summed E-state index contributed by atoms with van der Waals surface area (Å²) in [5.74, 6) is -0.452. The first-order valence-electron chi connectivity index (χ1n) is 7.84. The second-order valence-corrected chi connectivity index (χ2v) is 6.39. The van der Waals surface area contributed by atoms with Crippen molar-refractivity contribution in [3.05, 3.63) is 51.5 Å². The maximum Gasteiger partial charge on any atom is 0.315 e. The van der Waals surface area contributed by atoms with Gasteiger partial charge in [0, 0.05) is 23.2 Å². The number of urea groups is 1. The monoisotopic (exact) mass is 346 g/mol. The van der Waals surface area contributed by atoms with Crippen molar-refractivity contribution in [3.63, 3.8) is 0 Å². The van der Waals surface area contributed by atoms with Crippen LogP contribution in [0.4, 0.5) is 4.79 Å². The van der Waals surface area contributed by atoms with E-state index < -0.39 is 5.91 Å². The van der Waals surface area contributed by atoms with Crippen LogP contribution in [0.3, 0.4) is 0 Å². The van der Waals surface area contributed by atoms with Crippen molar-refractivity contribution in [2.24, 2.45) is 5.73 Å². The Balaban J connectivity index is 1.82. The van der Waals surface area contributed by atoms with Crippen LogP contribution in [-0.2, 0) is 6.42 Å². The Morgan fingerprint density at radius 3 is 2.79 bits per heavy atom. The number of primary amides is 1. The highest BCUT2D eigenvalue weighted by Crippen LogP contribution is 2.20. The number of hydrogen-bond acceptors (Lipinski definition) is 4. The minimum atomic E-state index is -0.452. The molecule has 7 heteroatoms. The van der Waals surface area contributed by atoms with Gasteiger partial charge in [-0.1, -0.05) is 19.1 Å². The lowest BCUT2D eigenvalue weighted by Crippen LogP contribution is -2.38. The van der Waals surface area contributed by atoms with Crippen LogP contribution in [0.1, 0.15) is 46.0 Å². The Hall–Kier alpha value is -2.41. The molecular weight excluding hydrogens is 324 g/mol. The zero-order valence-electron chi connectivity index (χ0n) is 13.8. The molecule has 0 aliphatic carbocycles. The summed E-state index contributed by atoms with van der Waals surface area (Å²) >= 11 is 1.55. The van der Waals surface area contributed by atoms with Crippen LogP contribution in [0.5, 0.6) is 0 Å². The van der Waals surface area contributed by atoms with E-state index in [1.165, 1.54) is 0 Å². The van der Waals surface area contributed by atoms with E-state index in [0.29, 0.717) is 18.5 Å². The molecule has 0 spiro atoms. The molecule has 0 bridgehead atoms. The number of carbonyl (C=O) groups excluding carboxylic acids is 2. The average Bonchev–Trinajstić information content (AvgIpc) is 2.99. The molecule has 0 saturated heterocycles. The van der Waals surface area contributed by atoms with Gasteiger partial charge < -0.3 is 16.4 Å². The van der Waals surface area contributed by atoms with Gasteiger partial charge in [-0.2, -0.15) is 0 Å². The van der Waals surface area contributed by atoms with Crippen LogP contribution < -0.4 is 16.4 Å². The van der Waals surface area contributed by atoms with Gasteiger partial charge in [-0.05, 0) is 37.5 Å². The van der Waals surface area contributed by atoms with Gasteiger partial charge in [-0.25, -0.2) is 9.78 Å². The minimum Gasteiger partial charge on any atom is -0.366 e. The summed E-state index contributed by atoms with van der Waals surface area (Å²) in [6, 6.07) is 6.80. The van der Waals surface area contributed by atoms with Gasteiger partial charge in [0.25, 0.3) is 0 Å². The zero-order valence-corrected chi connectivity index (χ0v) is 14.7. The standard InChI is InChI=1S/C17H22N4O2S/c1-3-14(16-20-11(2)10-24-16)21-17(23)19-8-7-12-5-4-6-13(9-12)15(18)22/h4-6,9-10,14H,3,7-8H2,1-2H3,(H2,18,22)(H2,19,21,23). The highest BCUT2D eigenvalue weighted by molar-refractivity contribution is 7.09. The van der Waals surface area contributed by atoms with Gasteiger partial charge in [0.15, 0.2) is 0 Å². The number of nitrogens with zero attached hydrogens (tertiary/aromatic N) is 1. The third-order valence-electron chi connectivity index (χ3n) is 3.56. The first-order valence-corrected chi connectivity index (χ1v) is 8.72. The van der Waals surface area contributed by atoms with Crippen LogP contribution in [-0.4, -0.2) is 23.5 Å². The molecule has 0 fully saturated rings. The number of rotatable bonds is 7. The summed E-state index contributed by atoms with van der Waals surface area (Å²) in [5, 5.41) is 8.66. The fourth-order valence-corrected chi connectivity index (χ4v) is 3.21. The smallest absolute Gasteiger partial charge is 0.315 e. The van der Waals surface area contributed by atoms with Crippen LogP contribution in [0, 0.1) is 6.92 Å². The molecule has 128 valence electrons. The Bertz CT molecular complexity index is 714. The van der Waals surface area contributed by atoms with E-state index in [0.717, 1.165) is 22.7 Å². The molecule has 0 saturated carbocycles. The molecule has 1 unspecified atom stereocenters. The number of nitrogens with one attached hydrogen (secondary N) is 2. The van der Waals surface area contributed by atoms with Gasteiger partial charge in [0.2, 0.25) is 5.91 Å². The van der Waals surface area contributed by atoms with E-state index in [-0.39, 0.29) is 12.1 Å². The minimum absolute atomic E-state index is 0.0816. The van der Waals surface area contributed by atoms with Crippen molar-refractivity contribution in [2.45, 2.75) is 32.7 Å². The Kier molecular flexibility index (Phi) is 6.31. The first-order chi connectivity index (χ1) is 11.5. The van der Waals surface area contributed by atoms with Gasteiger partial charge in [0.1, 0.15) is 5.01 Å². The molecule has 4 N–H and O–H groups in total. The number of hydrogen-bond donors (Lipinski definition) is 3. The summed E-state index contributed by atoms with van der Waals surface area (Å²) in [5.41, 5.74) is 7.65. The van der Waals surface area contributed by atoms with E-state index >= 15 is 0 Å². The van der Waals surface area contributed by atoms with Crippen molar-refractivity contribution in [2.75, 3.05) is 6.54 Å². The fourth-order valence-electron chi connectivity index (χ4n) is 2.28. The SMILES string of the molecule is CCC(NC(=O)NCCc1cccc(C(N)=O)c1)c1nc(C)cs1. The summed E-state index contributed by atoms with van der Waals surface area (Å²) in [4.78, 5) is 27.6. The summed E-state index contributed by atoms with van der Waals surface area (Å²) in [6.07, 6.45) is 1.41. The van der Waals surface area contributed by atoms with Crippen LogP contribution in [0.2, 0.25) is 0 Å². The molecule has 0 radical (unpaired) electrons. The van der Waals surface area contributed by atoms with E-state index in [2.05, 4.69) is 15.6 Å². The maximum atomic E-state index is 12.0. The van der Waals surface area contributed by atoms with Gasteiger partial charge in [-0.15, -0.1) is 11.3 Å². The maximum absolute atomic E-state index is 12.0. The normalized spacial score (nSPS) is 11.8. The second kappa shape index (κ2) is 8.44. The van der Waals surface area contributed by atoms with Crippen molar-refractivity contribution in [1.29, 1.82) is 0 Å². The Morgan fingerprint density at radius 1 is 1.38 bits per heavy atom. The van der Waals surface area contributed by atoms with E-state index in [4.69, 9.17) is 5.73 Å². The molecule has 2 aromatic rings. The summed E-state index contributed by atoms with van der Waals surface area (Å²) in [6.45, 7) is 4.42. The predicted octanol–water partition coefficient (Wildman–Crippen LogP) is 2.54. The molecule has 0 aliphatic heterocycles. The molecule has 24 heavy (non-hydrogen) atoms. The largest absolute Gasteiger partial charge is 0.366 e. The number of benzene rings is 1. The summed E-state index contributed by atoms with van der Waals surface area (Å²) in [7, 11) is 0. The van der Waals surface area contributed by atoms with Crippen LogP contribution >= 0.6 is 11.3 Å². The van der Waals surface area contributed by atoms with E-state index in [9.17, 15) is 9.59 Å². The van der Waals surface area contributed by atoms with Gasteiger partial charge >= 0.3 is 6.03 Å². The Morgan fingerprint density at radius 2 is 2.17 bits per heavy atom. The third kappa shape index (κ3) is 5.06. The molecule has 1 atom stereocenters. The second-order valence-electron chi connectivity index (χ2n) is 5.50. The number of thiazole rings is 1. The van der Waals surface area contributed by atoms with Crippen molar-refractivity contribution in [1.82, 2.24) is 15.6 Å². The number of aromatic nitrogens is 1. The molecule has 0 aliphatic rings. The number of nitrogens with two attached hydrogens (primary N) is 1. The first kappa shape index (κ1) is 17.9. The molecular formula is C17H22N4O2S. The quantitative estimate of drug-likeness (QED) is 0.718. The van der Waals surface area contributed by atoms with E-state index in [1.807, 2.05) is 25.3 Å².